The maximum Gasteiger partial charge on any atom is 0.137 e. The summed E-state index contributed by atoms with van der Waals surface area (Å²) in [4.78, 5) is 2.10. The summed E-state index contributed by atoms with van der Waals surface area (Å²) in [6.07, 6.45) is 38.3. The number of hydrogen-bond acceptors (Lipinski definition) is 2. The molecule has 0 amide bonds. The monoisotopic (exact) mass is 757 g/mol. The van der Waals surface area contributed by atoms with Gasteiger partial charge in [0.05, 0.1) is 9.79 Å². The lowest BCUT2D eigenvalue weighted by Crippen LogP contribution is -2.27. The van der Waals surface area contributed by atoms with Gasteiger partial charge in [-0.25, -0.2) is 8.42 Å². The molecule has 2 aromatic rings. The van der Waals surface area contributed by atoms with Crippen LogP contribution in [0.15, 0.2) is 34.1 Å². The first-order valence-electron chi connectivity index (χ1n) is 23.1. The third-order valence-corrected chi connectivity index (χ3v) is 18.1. The fourth-order valence-electron chi connectivity index (χ4n) is 12.2. The second-order valence-electron chi connectivity index (χ2n) is 18.7. The van der Waals surface area contributed by atoms with E-state index in [1.54, 1.807) is 0 Å². The summed E-state index contributed by atoms with van der Waals surface area (Å²) < 4.78 is 34.2. The predicted octanol–water partition coefficient (Wildman–Crippen LogP) is 14.3. The molecule has 2 atom stereocenters. The van der Waals surface area contributed by atoms with Gasteiger partial charge in [0.25, 0.3) is 0 Å². The van der Waals surface area contributed by atoms with Gasteiger partial charge < -0.3 is 0 Å². The van der Waals surface area contributed by atoms with Crippen molar-refractivity contribution in [3.8, 4) is 0 Å². The molecule has 53 heavy (non-hydrogen) atoms. The molecule has 0 heterocycles. The highest BCUT2D eigenvalue weighted by atomic mass is 32.3. The van der Waals surface area contributed by atoms with Crippen LogP contribution in [0.25, 0.3) is 0 Å². The van der Waals surface area contributed by atoms with Crippen molar-refractivity contribution >= 4 is 22.0 Å². The Morgan fingerprint density at radius 2 is 0.528 bits per heavy atom. The van der Waals surface area contributed by atoms with Crippen LogP contribution in [-0.4, -0.2) is 8.42 Å². The SMILES string of the molecule is O=S(NS(=O)c1c(C2CCCCC2)cc(C2CCCCC2)cc1C1CCCCC1)c1c(C2CCCCC2)cc(C2CCCCC2)cc1C1CCCCC1. The molecule has 6 aliphatic carbocycles. The second kappa shape index (κ2) is 18.8. The van der Waals surface area contributed by atoms with Gasteiger partial charge in [0.1, 0.15) is 22.0 Å². The van der Waals surface area contributed by atoms with Gasteiger partial charge in [-0.05, 0) is 146 Å². The van der Waals surface area contributed by atoms with Crippen LogP contribution in [0.5, 0.6) is 0 Å². The number of hydrogen-bond donors (Lipinski definition) is 1. The zero-order valence-electron chi connectivity index (χ0n) is 33.1. The normalized spacial score (nSPS) is 25.4. The molecule has 5 heteroatoms. The molecule has 0 aliphatic heterocycles. The molecule has 6 aliphatic rings. The maximum absolute atomic E-state index is 15.3. The van der Waals surface area contributed by atoms with Crippen LogP contribution in [0.1, 0.15) is 262 Å². The Hall–Kier alpha value is -1.30. The summed E-state index contributed by atoms with van der Waals surface area (Å²) in [7, 11) is -3.08. The van der Waals surface area contributed by atoms with Crippen LogP contribution < -0.4 is 4.13 Å². The standard InChI is InChI=1S/C48H71NO2S2/c50-52(47-43(37-23-11-3-12-24-37)31-41(35-19-7-1-8-20-35)32-44(47)38-25-13-4-14-26-38)49-53(51)48-45(39-27-15-5-16-28-39)33-42(36-21-9-2-10-22-36)34-46(48)40-29-17-6-18-30-40/h31-40,49H,1-30H2. The highest BCUT2D eigenvalue weighted by molar-refractivity contribution is 7.98. The molecule has 2 aromatic carbocycles. The fraction of sp³-hybridized carbons (Fsp3) is 0.750. The summed E-state index contributed by atoms with van der Waals surface area (Å²) in [5, 5.41) is 0. The topological polar surface area (TPSA) is 46.2 Å². The summed E-state index contributed by atoms with van der Waals surface area (Å²) in [5.74, 6) is 3.14. The highest BCUT2D eigenvalue weighted by Gasteiger charge is 2.34. The van der Waals surface area contributed by atoms with Gasteiger partial charge in [-0.2, -0.15) is 0 Å². The molecule has 292 valence electrons. The minimum absolute atomic E-state index is 0.467. The lowest BCUT2D eigenvalue weighted by Gasteiger charge is -2.33. The van der Waals surface area contributed by atoms with Crippen LogP contribution in [0.4, 0.5) is 0 Å². The molecule has 0 saturated heterocycles. The quantitative estimate of drug-likeness (QED) is 0.262. The molecule has 6 fully saturated rings. The second-order valence-corrected chi connectivity index (χ2v) is 21.2. The largest absolute Gasteiger partial charge is 0.237 e. The Balaban J connectivity index is 1.21. The summed E-state index contributed by atoms with van der Waals surface area (Å²) in [5.41, 5.74) is 8.52. The molecular weight excluding hydrogens is 687 g/mol. The van der Waals surface area contributed by atoms with Crippen molar-refractivity contribution in [3.63, 3.8) is 0 Å². The summed E-state index contributed by atoms with van der Waals surface area (Å²) >= 11 is 0. The van der Waals surface area contributed by atoms with Crippen LogP contribution in [0.2, 0.25) is 0 Å². The van der Waals surface area contributed by atoms with E-state index < -0.39 is 22.0 Å². The van der Waals surface area contributed by atoms with E-state index in [9.17, 15) is 0 Å². The fourth-order valence-corrected chi connectivity index (χ4v) is 15.2. The van der Waals surface area contributed by atoms with E-state index in [-0.39, 0.29) is 0 Å². The minimum atomic E-state index is -1.54. The first-order chi connectivity index (χ1) is 26.1. The minimum Gasteiger partial charge on any atom is -0.237 e. The smallest absolute Gasteiger partial charge is 0.137 e. The van der Waals surface area contributed by atoms with Gasteiger partial charge in [-0.1, -0.05) is 140 Å². The van der Waals surface area contributed by atoms with Gasteiger partial charge in [-0.3, -0.25) is 0 Å². The van der Waals surface area contributed by atoms with Crippen molar-refractivity contribution < 1.29 is 8.42 Å². The van der Waals surface area contributed by atoms with Crippen molar-refractivity contribution in [2.75, 3.05) is 0 Å². The Morgan fingerprint density at radius 1 is 0.321 bits per heavy atom. The van der Waals surface area contributed by atoms with Gasteiger partial charge >= 0.3 is 0 Å². The molecule has 2 unspecified atom stereocenters. The maximum atomic E-state index is 15.3. The molecule has 6 saturated carbocycles. The Labute approximate surface area is 328 Å². The molecule has 0 spiro atoms. The number of benzene rings is 2. The number of nitrogens with one attached hydrogen (secondary N) is 1. The van der Waals surface area contributed by atoms with E-state index in [0.29, 0.717) is 35.5 Å². The van der Waals surface area contributed by atoms with Gasteiger partial charge in [0, 0.05) is 0 Å². The zero-order chi connectivity index (χ0) is 36.0. The molecule has 0 aromatic heterocycles. The molecular formula is C48H71NO2S2. The molecule has 8 rings (SSSR count). The van der Waals surface area contributed by atoms with Crippen LogP contribution >= 0.6 is 0 Å². The number of rotatable bonds is 10. The summed E-state index contributed by atoms with van der Waals surface area (Å²) in [6.45, 7) is 0. The van der Waals surface area contributed by atoms with E-state index in [4.69, 9.17) is 0 Å². The van der Waals surface area contributed by atoms with E-state index in [1.807, 2.05) is 0 Å². The van der Waals surface area contributed by atoms with Crippen molar-refractivity contribution in [3.05, 3.63) is 57.6 Å². The first-order valence-corrected chi connectivity index (χ1v) is 25.4. The Morgan fingerprint density at radius 3 is 0.755 bits per heavy atom. The molecule has 3 nitrogen and oxygen atoms in total. The average Bonchev–Trinajstić information content (AvgIpc) is 3.24. The lowest BCUT2D eigenvalue weighted by atomic mass is 9.76. The van der Waals surface area contributed by atoms with Crippen molar-refractivity contribution in [1.29, 1.82) is 0 Å². The van der Waals surface area contributed by atoms with Gasteiger partial charge in [0.15, 0.2) is 0 Å². The third kappa shape index (κ3) is 9.14. The third-order valence-electron chi connectivity index (χ3n) is 15.2. The van der Waals surface area contributed by atoms with Crippen molar-refractivity contribution in [2.45, 2.75) is 238 Å². The van der Waals surface area contributed by atoms with E-state index in [1.165, 1.54) is 226 Å². The van der Waals surface area contributed by atoms with Gasteiger partial charge in [-0.15, -0.1) is 4.13 Å². The van der Waals surface area contributed by atoms with E-state index >= 15 is 8.42 Å². The van der Waals surface area contributed by atoms with E-state index in [2.05, 4.69) is 28.4 Å². The lowest BCUT2D eigenvalue weighted by molar-refractivity contribution is 0.419. The predicted molar refractivity (Wildman–Crippen MR) is 224 cm³/mol. The van der Waals surface area contributed by atoms with Crippen LogP contribution in [0.3, 0.4) is 0 Å². The summed E-state index contributed by atoms with van der Waals surface area (Å²) in [6, 6.07) is 10.2. The first kappa shape index (κ1) is 38.6. The Bertz CT molecular complexity index is 1350. The molecule has 0 radical (unpaired) electrons. The Kier molecular flexibility index (Phi) is 13.7. The van der Waals surface area contributed by atoms with Crippen molar-refractivity contribution in [1.82, 2.24) is 4.13 Å². The molecule has 0 bridgehead atoms. The zero-order valence-corrected chi connectivity index (χ0v) is 34.8. The van der Waals surface area contributed by atoms with Crippen LogP contribution in [-0.2, 0) is 22.0 Å². The highest BCUT2D eigenvalue weighted by Crippen LogP contribution is 2.47. The molecule has 1 N–H and O–H groups in total. The van der Waals surface area contributed by atoms with Crippen LogP contribution in [0, 0.1) is 0 Å². The van der Waals surface area contributed by atoms with Crippen molar-refractivity contribution in [2.24, 2.45) is 0 Å². The van der Waals surface area contributed by atoms with E-state index in [0.717, 1.165) is 9.79 Å². The van der Waals surface area contributed by atoms with Gasteiger partial charge in [0.2, 0.25) is 0 Å². The average molecular weight is 758 g/mol.